The minimum absolute atomic E-state index is 0.179. The molecule has 0 N–H and O–H groups in total. The third-order valence-corrected chi connectivity index (χ3v) is 4.24. The van der Waals surface area contributed by atoms with Crippen molar-refractivity contribution in [3.63, 3.8) is 0 Å². The van der Waals surface area contributed by atoms with Gasteiger partial charge in [-0.1, -0.05) is 6.92 Å². The highest BCUT2D eigenvalue weighted by atomic mass is 35.5. The van der Waals surface area contributed by atoms with Gasteiger partial charge in [0, 0.05) is 18.7 Å². The van der Waals surface area contributed by atoms with Crippen LogP contribution in [0.15, 0.2) is 18.2 Å². The Morgan fingerprint density at radius 1 is 1.38 bits per heavy atom. The molecule has 0 aliphatic carbocycles. The van der Waals surface area contributed by atoms with Gasteiger partial charge in [0.15, 0.2) is 0 Å². The average Bonchev–Trinajstić information content (AvgIpc) is 2.40. The Morgan fingerprint density at radius 3 is 2.62 bits per heavy atom. The van der Waals surface area contributed by atoms with Gasteiger partial charge < -0.3 is 4.90 Å². The maximum absolute atomic E-state index is 13.2. The Bertz CT molecular complexity index is 546. The fraction of sp³-hybridized carbons (Fsp3) is 0.500. The van der Waals surface area contributed by atoms with Crippen molar-refractivity contribution in [3.8, 4) is 0 Å². The van der Waals surface area contributed by atoms with Crippen LogP contribution in [0.1, 0.15) is 29.3 Å². The molecule has 0 aromatic heterocycles. The van der Waals surface area contributed by atoms with Crippen LogP contribution in [-0.4, -0.2) is 29.3 Å². The van der Waals surface area contributed by atoms with Crippen LogP contribution in [0.3, 0.4) is 0 Å². The summed E-state index contributed by atoms with van der Waals surface area (Å²) in [5.74, 6) is -1.70. The average molecular weight is 324 g/mol. The standard InChI is InChI=1S/C14H14ClF4NO/c1-8-4-5-20(7-11(8)15)13(21)9-2-3-12(16)10(6-9)14(17,18)19/h2-3,6,8,11H,4-5,7H2,1H3. The van der Waals surface area contributed by atoms with Crippen molar-refractivity contribution in [1.82, 2.24) is 4.90 Å². The molecule has 1 saturated heterocycles. The second-order valence-corrected chi connectivity index (χ2v) is 5.79. The molecule has 0 spiro atoms. The lowest BCUT2D eigenvalue weighted by atomic mass is 9.97. The largest absolute Gasteiger partial charge is 0.419 e. The number of carbonyl (C=O) groups is 1. The van der Waals surface area contributed by atoms with Crippen molar-refractivity contribution < 1.29 is 22.4 Å². The Hall–Kier alpha value is -1.30. The molecular weight excluding hydrogens is 310 g/mol. The highest BCUT2D eigenvalue weighted by Gasteiger charge is 2.35. The normalized spacial score (nSPS) is 23.2. The molecular formula is C14H14ClF4NO. The molecule has 0 bridgehead atoms. The van der Waals surface area contributed by atoms with E-state index in [2.05, 4.69) is 0 Å². The fourth-order valence-electron chi connectivity index (χ4n) is 2.26. The summed E-state index contributed by atoms with van der Waals surface area (Å²) in [4.78, 5) is 13.6. The van der Waals surface area contributed by atoms with E-state index in [1.54, 1.807) is 0 Å². The predicted octanol–water partition coefficient (Wildman–Crippen LogP) is 3.93. The molecule has 2 rings (SSSR count). The van der Waals surface area contributed by atoms with Gasteiger partial charge in [-0.15, -0.1) is 11.6 Å². The molecule has 1 heterocycles. The lowest BCUT2D eigenvalue weighted by Gasteiger charge is -2.34. The summed E-state index contributed by atoms with van der Waals surface area (Å²) < 4.78 is 51.2. The van der Waals surface area contributed by atoms with Crippen LogP contribution < -0.4 is 0 Å². The number of piperidine rings is 1. The lowest BCUT2D eigenvalue weighted by molar-refractivity contribution is -0.140. The van der Waals surface area contributed by atoms with Crippen LogP contribution in [0.2, 0.25) is 0 Å². The fourth-order valence-corrected chi connectivity index (χ4v) is 2.56. The number of hydrogen-bond donors (Lipinski definition) is 0. The minimum Gasteiger partial charge on any atom is -0.337 e. The first kappa shape index (κ1) is 16.1. The van der Waals surface area contributed by atoms with Crippen molar-refractivity contribution >= 4 is 17.5 Å². The minimum atomic E-state index is -4.83. The van der Waals surface area contributed by atoms with Gasteiger partial charge in [-0.3, -0.25) is 4.79 Å². The number of benzene rings is 1. The predicted molar refractivity (Wildman–Crippen MR) is 70.7 cm³/mol. The molecule has 21 heavy (non-hydrogen) atoms. The van der Waals surface area contributed by atoms with Crippen molar-refractivity contribution in [2.24, 2.45) is 5.92 Å². The Balaban J connectivity index is 2.24. The van der Waals surface area contributed by atoms with E-state index >= 15 is 0 Å². The molecule has 0 saturated carbocycles. The second kappa shape index (κ2) is 5.83. The smallest absolute Gasteiger partial charge is 0.337 e. The number of nitrogens with zero attached hydrogens (tertiary/aromatic N) is 1. The van der Waals surface area contributed by atoms with E-state index in [4.69, 9.17) is 11.6 Å². The first-order valence-electron chi connectivity index (χ1n) is 6.50. The summed E-state index contributed by atoms with van der Waals surface area (Å²) >= 11 is 6.09. The van der Waals surface area contributed by atoms with Crippen LogP contribution >= 0.6 is 11.6 Å². The molecule has 7 heteroatoms. The molecule has 0 radical (unpaired) electrons. The van der Waals surface area contributed by atoms with E-state index < -0.39 is 23.5 Å². The molecule has 2 unspecified atom stereocenters. The van der Waals surface area contributed by atoms with E-state index in [1.165, 1.54) is 4.90 Å². The monoisotopic (exact) mass is 323 g/mol. The molecule has 2 nitrogen and oxygen atoms in total. The van der Waals surface area contributed by atoms with Gasteiger partial charge in [-0.25, -0.2) is 4.39 Å². The van der Waals surface area contributed by atoms with E-state index in [9.17, 15) is 22.4 Å². The third-order valence-electron chi connectivity index (χ3n) is 3.67. The number of hydrogen-bond acceptors (Lipinski definition) is 1. The number of rotatable bonds is 1. The molecule has 1 aliphatic rings. The van der Waals surface area contributed by atoms with Gasteiger partial charge in [0.05, 0.1) is 10.9 Å². The van der Waals surface area contributed by atoms with Crippen LogP contribution in [-0.2, 0) is 6.18 Å². The Morgan fingerprint density at radius 2 is 2.05 bits per heavy atom. The van der Waals surface area contributed by atoms with E-state index in [1.807, 2.05) is 6.92 Å². The molecule has 1 aliphatic heterocycles. The van der Waals surface area contributed by atoms with E-state index in [0.717, 1.165) is 6.07 Å². The van der Waals surface area contributed by atoms with Crippen LogP contribution in [0.25, 0.3) is 0 Å². The van der Waals surface area contributed by atoms with E-state index in [0.29, 0.717) is 25.1 Å². The first-order valence-corrected chi connectivity index (χ1v) is 6.94. The Kier molecular flexibility index (Phi) is 4.46. The zero-order valence-corrected chi connectivity index (χ0v) is 12.0. The van der Waals surface area contributed by atoms with Crippen molar-refractivity contribution in [1.29, 1.82) is 0 Å². The second-order valence-electron chi connectivity index (χ2n) is 5.23. The summed E-state index contributed by atoms with van der Waals surface area (Å²) in [6.07, 6.45) is -4.14. The molecule has 1 amide bonds. The zero-order chi connectivity index (χ0) is 15.8. The van der Waals surface area contributed by atoms with Gasteiger partial charge in [-0.05, 0) is 30.5 Å². The summed E-state index contributed by atoms with van der Waals surface area (Å²) in [6, 6.07) is 2.29. The summed E-state index contributed by atoms with van der Waals surface area (Å²) in [6.45, 7) is 2.67. The molecule has 1 fully saturated rings. The number of alkyl halides is 4. The summed E-state index contributed by atoms with van der Waals surface area (Å²) in [5.41, 5.74) is -1.61. The third kappa shape index (κ3) is 3.48. The zero-order valence-electron chi connectivity index (χ0n) is 11.3. The number of likely N-dealkylation sites (tertiary alicyclic amines) is 1. The SMILES string of the molecule is CC1CCN(C(=O)c2ccc(F)c(C(F)(F)F)c2)CC1Cl. The first-order chi connectivity index (χ1) is 9.70. The number of halogens is 5. The quantitative estimate of drug-likeness (QED) is 0.566. The summed E-state index contributed by atoms with van der Waals surface area (Å²) in [7, 11) is 0. The van der Waals surface area contributed by atoms with Crippen molar-refractivity contribution in [2.75, 3.05) is 13.1 Å². The van der Waals surface area contributed by atoms with Gasteiger partial charge in [0.25, 0.3) is 5.91 Å². The van der Waals surface area contributed by atoms with Crippen molar-refractivity contribution in [3.05, 3.63) is 35.1 Å². The molecule has 1 aromatic rings. The van der Waals surface area contributed by atoms with E-state index in [-0.39, 0.29) is 23.4 Å². The topological polar surface area (TPSA) is 20.3 Å². The Labute approximate surface area is 124 Å². The van der Waals surface area contributed by atoms with Crippen molar-refractivity contribution in [2.45, 2.75) is 24.9 Å². The van der Waals surface area contributed by atoms with Gasteiger partial charge in [0.2, 0.25) is 0 Å². The molecule has 2 atom stereocenters. The van der Waals surface area contributed by atoms with Gasteiger partial charge in [-0.2, -0.15) is 13.2 Å². The molecule has 1 aromatic carbocycles. The number of amides is 1. The lowest BCUT2D eigenvalue weighted by Crippen LogP contribution is -2.43. The highest BCUT2D eigenvalue weighted by Crippen LogP contribution is 2.32. The maximum Gasteiger partial charge on any atom is 0.419 e. The van der Waals surface area contributed by atoms with Gasteiger partial charge >= 0.3 is 6.18 Å². The van der Waals surface area contributed by atoms with Crippen LogP contribution in [0, 0.1) is 11.7 Å². The maximum atomic E-state index is 13.2. The molecule has 116 valence electrons. The summed E-state index contributed by atoms with van der Waals surface area (Å²) in [5, 5.41) is -0.231. The number of carbonyl (C=O) groups excluding carboxylic acids is 1. The van der Waals surface area contributed by atoms with Crippen LogP contribution in [0.5, 0.6) is 0 Å². The van der Waals surface area contributed by atoms with Crippen LogP contribution in [0.4, 0.5) is 17.6 Å². The van der Waals surface area contributed by atoms with Gasteiger partial charge in [0.1, 0.15) is 5.82 Å². The highest BCUT2D eigenvalue weighted by molar-refractivity contribution is 6.21.